The van der Waals surface area contributed by atoms with Gasteiger partial charge in [-0.15, -0.1) is 0 Å². The Morgan fingerprint density at radius 3 is 2.16 bits per heavy atom. The summed E-state index contributed by atoms with van der Waals surface area (Å²) in [4.78, 5) is 12.1. The van der Waals surface area contributed by atoms with Crippen LogP contribution in [-0.4, -0.2) is 14.3 Å². The van der Waals surface area contributed by atoms with E-state index in [1.165, 1.54) is 12.1 Å². The molecule has 6 heteroatoms. The van der Waals surface area contributed by atoms with Crippen LogP contribution >= 0.6 is 0 Å². The van der Waals surface area contributed by atoms with E-state index in [1.807, 2.05) is 26.8 Å². The topological polar surface area (TPSA) is 75.3 Å². The molecule has 1 fully saturated rings. The number of amides is 1. The van der Waals surface area contributed by atoms with Gasteiger partial charge in [-0.3, -0.25) is 9.52 Å². The normalized spacial score (nSPS) is 19.3. The largest absolute Gasteiger partial charge is 0.326 e. The van der Waals surface area contributed by atoms with E-state index in [1.54, 1.807) is 24.3 Å². The summed E-state index contributed by atoms with van der Waals surface area (Å²) in [5.41, 5.74) is 3.26. The highest BCUT2D eigenvalue weighted by Gasteiger charge is 2.39. The summed E-state index contributed by atoms with van der Waals surface area (Å²) in [5.74, 6) is 0.507. The summed E-state index contributed by atoms with van der Waals surface area (Å²) >= 11 is 0. The summed E-state index contributed by atoms with van der Waals surface area (Å²) in [6.07, 6.45) is 0.915. The van der Waals surface area contributed by atoms with Crippen molar-refractivity contribution in [3.05, 3.63) is 53.6 Å². The molecule has 2 N–H and O–H groups in total. The van der Waals surface area contributed by atoms with Crippen molar-refractivity contribution in [2.75, 3.05) is 10.0 Å². The Morgan fingerprint density at radius 1 is 1.00 bits per heavy atom. The molecule has 0 saturated heterocycles. The Balaban J connectivity index is 1.71. The number of carbonyl (C=O) groups is 1. The number of nitrogens with one attached hydrogen (secondary N) is 2. The molecule has 0 aromatic heterocycles. The molecule has 3 rings (SSSR count). The van der Waals surface area contributed by atoms with Crippen molar-refractivity contribution in [2.24, 2.45) is 11.8 Å². The Bertz CT molecular complexity index is 905. The van der Waals surface area contributed by atoms with Crippen LogP contribution in [-0.2, 0) is 14.8 Å². The second kappa shape index (κ2) is 6.52. The molecule has 0 aliphatic heterocycles. The third-order valence-electron chi connectivity index (χ3n) is 4.64. The van der Waals surface area contributed by atoms with Gasteiger partial charge < -0.3 is 5.32 Å². The molecule has 1 saturated carbocycles. The first-order valence-electron chi connectivity index (χ1n) is 8.27. The van der Waals surface area contributed by atoms with E-state index in [4.69, 9.17) is 0 Å². The fourth-order valence-electron chi connectivity index (χ4n) is 2.66. The predicted molar refractivity (Wildman–Crippen MR) is 99.1 cm³/mol. The molecule has 2 atom stereocenters. The van der Waals surface area contributed by atoms with Crippen molar-refractivity contribution in [2.45, 2.75) is 32.1 Å². The molecule has 2 unspecified atom stereocenters. The van der Waals surface area contributed by atoms with Crippen molar-refractivity contribution in [3.63, 3.8) is 0 Å². The zero-order valence-corrected chi connectivity index (χ0v) is 15.4. The van der Waals surface area contributed by atoms with Crippen molar-refractivity contribution in [1.29, 1.82) is 0 Å². The van der Waals surface area contributed by atoms with E-state index in [9.17, 15) is 13.2 Å². The number of rotatable bonds is 5. The van der Waals surface area contributed by atoms with Crippen LogP contribution in [0.15, 0.2) is 47.4 Å². The van der Waals surface area contributed by atoms with Gasteiger partial charge in [0.2, 0.25) is 5.91 Å². The van der Waals surface area contributed by atoms with Gasteiger partial charge in [0.15, 0.2) is 0 Å². The summed E-state index contributed by atoms with van der Waals surface area (Å²) in [6, 6.07) is 11.6. The van der Waals surface area contributed by atoms with E-state index in [0.717, 1.165) is 17.5 Å². The number of carbonyl (C=O) groups excluding carboxylic acids is 1. The van der Waals surface area contributed by atoms with E-state index in [2.05, 4.69) is 10.0 Å². The number of hydrogen-bond donors (Lipinski definition) is 2. The second-order valence-electron chi connectivity index (χ2n) is 6.74. The van der Waals surface area contributed by atoms with Crippen LogP contribution in [0.5, 0.6) is 0 Å². The average Bonchev–Trinajstić information content (AvgIpc) is 3.28. The minimum absolute atomic E-state index is 0.00337. The quantitative estimate of drug-likeness (QED) is 0.856. The number of sulfonamides is 1. The minimum atomic E-state index is -3.66. The van der Waals surface area contributed by atoms with Crippen molar-refractivity contribution in [3.8, 4) is 0 Å². The highest BCUT2D eigenvalue weighted by Crippen LogP contribution is 2.38. The lowest BCUT2D eigenvalue weighted by atomic mass is 10.1. The number of aryl methyl sites for hydroxylation is 2. The molecule has 5 nitrogen and oxygen atoms in total. The van der Waals surface area contributed by atoms with Crippen molar-refractivity contribution in [1.82, 2.24) is 0 Å². The molecule has 2 aromatic carbocycles. The van der Waals surface area contributed by atoms with Crippen LogP contribution in [0.2, 0.25) is 0 Å². The standard InChI is InChI=1S/C19H22N2O3S/c1-12-4-5-16(10-13(12)2)21-25(23,24)17-8-6-15(7-9-17)20-19(22)18-11-14(18)3/h4-10,14,18,21H,11H2,1-3H3,(H,20,22). The zero-order valence-electron chi connectivity index (χ0n) is 14.5. The highest BCUT2D eigenvalue weighted by molar-refractivity contribution is 7.92. The van der Waals surface area contributed by atoms with Gasteiger partial charge in [0.25, 0.3) is 10.0 Å². The molecule has 132 valence electrons. The van der Waals surface area contributed by atoms with Gasteiger partial charge in [0.05, 0.1) is 4.90 Å². The summed E-state index contributed by atoms with van der Waals surface area (Å²) in [7, 11) is -3.66. The van der Waals surface area contributed by atoms with Gasteiger partial charge in [-0.05, 0) is 73.7 Å². The van der Waals surface area contributed by atoms with Crippen LogP contribution < -0.4 is 10.0 Å². The Kier molecular flexibility index (Phi) is 4.56. The Labute approximate surface area is 148 Å². The molecule has 1 aliphatic rings. The van der Waals surface area contributed by atoms with Crippen molar-refractivity contribution >= 4 is 27.3 Å². The fraction of sp³-hybridized carbons (Fsp3) is 0.316. The average molecular weight is 358 g/mol. The predicted octanol–water partition coefficient (Wildman–Crippen LogP) is 3.70. The minimum Gasteiger partial charge on any atom is -0.326 e. The van der Waals surface area contributed by atoms with Crippen LogP contribution in [0.1, 0.15) is 24.5 Å². The van der Waals surface area contributed by atoms with E-state index in [0.29, 0.717) is 17.3 Å². The molecular weight excluding hydrogens is 336 g/mol. The molecule has 0 heterocycles. The van der Waals surface area contributed by atoms with Crippen LogP contribution in [0.4, 0.5) is 11.4 Å². The molecule has 25 heavy (non-hydrogen) atoms. The van der Waals surface area contributed by atoms with E-state index >= 15 is 0 Å². The summed E-state index contributed by atoms with van der Waals surface area (Å²) in [6.45, 7) is 5.95. The molecular formula is C19H22N2O3S. The van der Waals surface area contributed by atoms with Crippen LogP contribution in [0, 0.1) is 25.7 Å². The number of anilines is 2. The number of benzene rings is 2. The summed E-state index contributed by atoms with van der Waals surface area (Å²) < 4.78 is 27.6. The lowest BCUT2D eigenvalue weighted by Crippen LogP contribution is -2.15. The lowest BCUT2D eigenvalue weighted by molar-refractivity contribution is -0.117. The third-order valence-corrected chi connectivity index (χ3v) is 6.03. The van der Waals surface area contributed by atoms with Gasteiger partial charge in [-0.2, -0.15) is 0 Å². The first-order chi connectivity index (χ1) is 11.8. The lowest BCUT2D eigenvalue weighted by Gasteiger charge is -2.11. The van der Waals surface area contributed by atoms with Gasteiger partial charge >= 0.3 is 0 Å². The maximum absolute atomic E-state index is 12.5. The Hall–Kier alpha value is -2.34. The highest BCUT2D eigenvalue weighted by atomic mass is 32.2. The SMILES string of the molecule is Cc1ccc(NS(=O)(=O)c2ccc(NC(=O)C3CC3C)cc2)cc1C. The maximum atomic E-state index is 12.5. The zero-order chi connectivity index (χ0) is 18.2. The van der Waals surface area contributed by atoms with Crippen molar-refractivity contribution < 1.29 is 13.2 Å². The first kappa shape index (κ1) is 17.5. The summed E-state index contributed by atoms with van der Waals surface area (Å²) in [5, 5.41) is 2.82. The second-order valence-corrected chi connectivity index (χ2v) is 8.42. The van der Waals surface area contributed by atoms with E-state index in [-0.39, 0.29) is 16.7 Å². The molecule has 2 aromatic rings. The van der Waals surface area contributed by atoms with Gasteiger partial charge in [-0.25, -0.2) is 8.42 Å². The molecule has 0 spiro atoms. The number of hydrogen-bond acceptors (Lipinski definition) is 3. The van der Waals surface area contributed by atoms with Crippen LogP contribution in [0.3, 0.4) is 0 Å². The molecule has 0 radical (unpaired) electrons. The maximum Gasteiger partial charge on any atom is 0.261 e. The third kappa shape index (κ3) is 4.02. The van der Waals surface area contributed by atoms with E-state index < -0.39 is 10.0 Å². The van der Waals surface area contributed by atoms with Gasteiger partial charge in [0.1, 0.15) is 0 Å². The molecule has 0 bridgehead atoms. The Morgan fingerprint density at radius 2 is 1.60 bits per heavy atom. The smallest absolute Gasteiger partial charge is 0.261 e. The molecule has 1 amide bonds. The van der Waals surface area contributed by atoms with Crippen LogP contribution in [0.25, 0.3) is 0 Å². The fourth-order valence-corrected chi connectivity index (χ4v) is 3.71. The first-order valence-corrected chi connectivity index (χ1v) is 9.75. The van der Waals surface area contributed by atoms with Gasteiger partial charge in [0, 0.05) is 17.3 Å². The molecule has 1 aliphatic carbocycles. The monoisotopic (exact) mass is 358 g/mol. The van der Waals surface area contributed by atoms with Gasteiger partial charge in [-0.1, -0.05) is 13.0 Å².